The second-order valence-corrected chi connectivity index (χ2v) is 6.62. The molecule has 3 N–H and O–H groups in total. The number of aliphatic imine (C=N–C) groups is 1. The first-order valence-electron chi connectivity index (χ1n) is 8.23. The quantitative estimate of drug-likeness (QED) is 0.652. The van der Waals surface area contributed by atoms with Gasteiger partial charge in [-0.3, -0.25) is 4.99 Å². The van der Waals surface area contributed by atoms with E-state index in [9.17, 15) is 0 Å². The Kier molecular flexibility index (Phi) is 5.99. The van der Waals surface area contributed by atoms with Crippen molar-refractivity contribution in [3.8, 4) is 0 Å². The van der Waals surface area contributed by atoms with Crippen molar-refractivity contribution in [3.05, 3.63) is 64.7 Å². The topological polar surface area (TPSA) is 53.6 Å². The number of guanidine groups is 1. The van der Waals surface area contributed by atoms with Crippen LogP contribution < -0.4 is 11.1 Å². The normalized spacial score (nSPS) is 13.2. The molecule has 1 atom stereocenters. The summed E-state index contributed by atoms with van der Waals surface area (Å²) < 4.78 is 0. The Morgan fingerprint density at radius 3 is 2.12 bits per heavy atom. The third kappa shape index (κ3) is 5.10. The molecule has 0 radical (unpaired) electrons. The van der Waals surface area contributed by atoms with E-state index >= 15 is 0 Å². The maximum absolute atomic E-state index is 6.08. The maximum Gasteiger partial charge on any atom is 0.193 e. The van der Waals surface area contributed by atoms with E-state index in [1.165, 1.54) is 22.3 Å². The van der Waals surface area contributed by atoms with Crippen LogP contribution in [0.4, 0.5) is 5.69 Å². The van der Waals surface area contributed by atoms with Gasteiger partial charge in [-0.25, -0.2) is 0 Å². The van der Waals surface area contributed by atoms with Gasteiger partial charge in [0.2, 0.25) is 0 Å². The van der Waals surface area contributed by atoms with Crippen molar-refractivity contribution < 1.29 is 0 Å². The van der Waals surface area contributed by atoms with Crippen molar-refractivity contribution in [3.63, 3.8) is 0 Å². The third-order valence-electron chi connectivity index (χ3n) is 4.01. The van der Waals surface area contributed by atoms with Gasteiger partial charge in [0.15, 0.2) is 5.96 Å². The van der Waals surface area contributed by atoms with Gasteiger partial charge < -0.3 is 16.0 Å². The Labute approximate surface area is 145 Å². The van der Waals surface area contributed by atoms with E-state index in [4.69, 9.17) is 5.73 Å². The monoisotopic (exact) mass is 324 g/mol. The third-order valence-corrected chi connectivity index (χ3v) is 4.01. The van der Waals surface area contributed by atoms with E-state index in [1.54, 1.807) is 0 Å². The fraction of sp³-hybridized carbons (Fsp3) is 0.350. The van der Waals surface area contributed by atoms with Gasteiger partial charge in [0.05, 0.1) is 12.6 Å². The molecule has 2 aromatic rings. The molecule has 4 nitrogen and oxygen atoms in total. The number of hydrogen-bond donors (Lipinski definition) is 2. The lowest BCUT2D eigenvalue weighted by Crippen LogP contribution is -2.27. The van der Waals surface area contributed by atoms with Crippen molar-refractivity contribution >= 4 is 11.6 Å². The predicted molar refractivity (Wildman–Crippen MR) is 104 cm³/mol. The molecule has 0 spiro atoms. The Bertz CT molecular complexity index is 682. The summed E-state index contributed by atoms with van der Waals surface area (Å²) in [6.07, 6.45) is 0. The largest absolute Gasteiger partial charge is 0.370 e. The van der Waals surface area contributed by atoms with Gasteiger partial charge in [0.25, 0.3) is 0 Å². The Balaban J connectivity index is 2.09. The first-order valence-corrected chi connectivity index (χ1v) is 8.23. The van der Waals surface area contributed by atoms with E-state index < -0.39 is 0 Å². The van der Waals surface area contributed by atoms with Crippen LogP contribution in [-0.4, -0.2) is 31.5 Å². The van der Waals surface area contributed by atoms with Crippen LogP contribution in [0.3, 0.4) is 0 Å². The van der Waals surface area contributed by atoms with Crippen LogP contribution in [-0.2, 0) is 0 Å². The summed E-state index contributed by atoms with van der Waals surface area (Å²) in [6.45, 7) is 6.86. The highest BCUT2D eigenvalue weighted by Crippen LogP contribution is 2.19. The minimum Gasteiger partial charge on any atom is -0.370 e. The molecule has 1 unspecified atom stereocenters. The Morgan fingerprint density at radius 1 is 1.00 bits per heavy atom. The number of nitrogens with zero attached hydrogens (tertiary/aromatic N) is 2. The number of hydrogen-bond acceptors (Lipinski definition) is 2. The lowest BCUT2D eigenvalue weighted by Gasteiger charge is -2.23. The lowest BCUT2D eigenvalue weighted by atomic mass is 10.0. The van der Waals surface area contributed by atoms with Gasteiger partial charge in [0, 0.05) is 5.69 Å². The van der Waals surface area contributed by atoms with Crippen LogP contribution in [0.25, 0.3) is 0 Å². The SMILES string of the molecule is Cc1ccc(C(CN=C(N)Nc2cc(C)cc(C)c2)N(C)C)cc1. The molecular weight excluding hydrogens is 296 g/mol. The first-order chi connectivity index (χ1) is 11.3. The van der Waals surface area contributed by atoms with Crippen LogP contribution >= 0.6 is 0 Å². The van der Waals surface area contributed by atoms with Crippen LogP contribution in [0.1, 0.15) is 28.3 Å². The number of aryl methyl sites for hydroxylation is 3. The molecule has 0 bridgehead atoms. The molecule has 0 aliphatic heterocycles. The summed E-state index contributed by atoms with van der Waals surface area (Å²) >= 11 is 0. The molecule has 0 fully saturated rings. The lowest BCUT2D eigenvalue weighted by molar-refractivity contribution is 0.306. The number of benzene rings is 2. The van der Waals surface area contributed by atoms with Crippen LogP contribution in [0.15, 0.2) is 47.5 Å². The summed E-state index contributed by atoms with van der Waals surface area (Å²) in [4.78, 5) is 6.71. The van der Waals surface area contributed by atoms with Gasteiger partial charge in [-0.2, -0.15) is 0 Å². The zero-order valence-electron chi connectivity index (χ0n) is 15.3. The van der Waals surface area contributed by atoms with E-state index in [2.05, 4.69) is 92.5 Å². The highest BCUT2D eigenvalue weighted by atomic mass is 15.1. The fourth-order valence-corrected chi connectivity index (χ4v) is 2.77. The Morgan fingerprint density at radius 2 is 1.58 bits per heavy atom. The molecule has 0 aliphatic rings. The highest BCUT2D eigenvalue weighted by Gasteiger charge is 2.13. The van der Waals surface area contributed by atoms with E-state index in [1.807, 2.05) is 0 Å². The molecule has 0 aromatic heterocycles. The van der Waals surface area contributed by atoms with Crippen molar-refractivity contribution in [2.24, 2.45) is 10.7 Å². The number of nitrogens with one attached hydrogen (secondary N) is 1. The van der Waals surface area contributed by atoms with Crippen LogP contribution in [0.5, 0.6) is 0 Å². The number of rotatable bonds is 5. The molecule has 0 saturated carbocycles. The summed E-state index contributed by atoms with van der Waals surface area (Å²) in [5.41, 5.74) is 12.0. The number of likely N-dealkylation sites (N-methyl/N-ethyl adjacent to an activating group) is 1. The van der Waals surface area contributed by atoms with Gasteiger partial charge >= 0.3 is 0 Å². The summed E-state index contributed by atoms with van der Waals surface area (Å²) in [5, 5.41) is 3.19. The molecule has 24 heavy (non-hydrogen) atoms. The molecule has 128 valence electrons. The molecule has 0 amide bonds. The minimum atomic E-state index is 0.199. The van der Waals surface area contributed by atoms with Crippen LogP contribution in [0, 0.1) is 20.8 Å². The standard InChI is InChI=1S/C20H28N4/c1-14-6-8-17(9-7-14)19(24(4)5)13-22-20(21)23-18-11-15(2)10-16(3)12-18/h6-12,19H,13H2,1-5H3,(H3,21,22,23). The summed E-state index contributed by atoms with van der Waals surface area (Å²) in [5.74, 6) is 0.443. The van der Waals surface area contributed by atoms with Crippen molar-refractivity contribution in [2.75, 3.05) is 26.0 Å². The Hall–Kier alpha value is -2.33. The molecule has 4 heteroatoms. The van der Waals surface area contributed by atoms with Crippen molar-refractivity contribution in [1.29, 1.82) is 0 Å². The van der Waals surface area contributed by atoms with Crippen molar-refractivity contribution in [2.45, 2.75) is 26.8 Å². The second kappa shape index (κ2) is 7.97. The van der Waals surface area contributed by atoms with Crippen LogP contribution in [0.2, 0.25) is 0 Å². The summed E-state index contributed by atoms with van der Waals surface area (Å²) in [6, 6.07) is 15.0. The second-order valence-electron chi connectivity index (χ2n) is 6.62. The molecule has 0 saturated heterocycles. The zero-order valence-corrected chi connectivity index (χ0v) is 15.3. The molecular formula is C20H28N4. The first kappa shape index (κ1) is 18.0. The van der Waals surface area contributed by atoms with E-state index in [0.717, 1.165) is 5.69 Å². The van der Waals surface area contributed by atoms with Crippen molar-refractivity contribution in [1.82, 2.24) is 4.90 Å². The highest BCUT2D eigenvalue weighted by molar-refractivity contribution is 5.92. The van der Waals surface area contributed by atoms with Gasteiger partial charge in [-0.1, -0.05) is 35.9 Å². The molecule has 0 aliphatic carbocycles. The van der Waals surface area contributed by atoms with E-state index in [0.29, 0.717) is 12.5 Å². The minimum absolute atomic E-state index is 0.199. The molecule has 2 rings (SSSR count). The number of nitrogens with two attached hydrogens (primary N) is 1. The number of anilines is 1. The fourth-order valence-electron chi connectivity index (χ4n) is 2.77. The smallest absolute Gasteiger partial charge is 0.193 e. The van der Waals surface area contributed by atoms with E-state index in [-0.39, 0.29) is 6.04 Å². The van der Waals surface area contributed by atoms with Gasteiger partial charge in [-0.05, 0) is 63.7 Å². The molecule has 2 aromatic carbocycles. The van der Waals surface area contributed by atoms with Gasteiger partial charge in [-0.15, -0.1) is 0 Å². The average Bonchev–Trinajstić information content (AvgIpc) is 2.47. The summed E-state index contributed by atoms with van der Waals surface area (Å²) in [7, 11) is 4.13. The zero-order chi connectivity index (χ0) is 17.7. The van der Waals surface area contributed by atoms with Gasteiger partial charge in [0.1, 0.15) is 0 Å². The maximum atomic E-state index is 6.08. The molecule has 0 heterocycles. The predicted octanol–water partition coefficient (Wildman–Crippen LogP) is 3.64. The average molecular weight is 324 g/mol.